The van der Waals surface area contributed by atoms with Gasteiger partial charge in [0.1, 0.15) is 0 Å². The zero-order valence-corrected chi connectivity index (χ0v) is 11.9. The molecule has 94 valence electrons. The van der Waals surface area contributed by atoms with Crippen LogP contribution in [0.3, 0.4) is 0 Å². The first kappa shape index (κ1) is 13.5. The van der Waals surface area contributed by atoms with E-state index < -0.39 is 6.10 Å². The summed E-state index contributed by atoms with van der Waals surface area (Å²) in [6.07, 6.45) is -0.584. The van der Waals surface area contributed by atoms with Crippen LogP contribution in [0.2, 0.25) is 10.0 Å². The van der Waals surface area contributed by atoms with Gasteiger partial charge in [0.25, 0.3) is 0 Å². The Morgan fingerprint density at radius 2 is 2.24 bits per heavy atom. The molecule has 1 aliphatic rings. The van der Waals surface area contributed by atoms with Gasteiger partial charge in [-0.05, 0) is 25.2 Å². The molecule has 0 radical (unpaired) electrons. The summed E-state index contributed by atoms with van der Waals surface area (Å²) in [5.41, 5.74) is 0.721. The minimum absolute atomic E-state index is 0.102. The number of thioether (sulfide) groups is 1. The summed E-state index contributed by atoms with van der Waals surface area (Å²) in [6.45, 7) is 0.991. The predicted molar refractivity (Wildman–Crippen MR) is 75.2 cm³/mol. The van der Waals surface area contributed by atoms with Crippen LogP contribution < -0.4 is 0 Å². The number of aliphatic hydroxyl groups is 1. The Bertz CT molecular complexity index is 402. The summed E-state index contributed by atoms with van der Waals surface area (Å²) < 4.78 is 0. The summed E-state index contributed by atoms with van der Waals surface area (Å²) in [5.74, 6) is 2.03. The standard InChI is InChI=1S/C12H15Cl2NOS/c1-15-4-5-17-7-11(15)12(16)9-6-8(13)2-3-10(9)14/h2-3,6,11-12,16H,4-5,7H2,1H3. The fourth-order valence-corrected chi connectivity index (χ4v) is 3.66. The lowest BCUT2D eigenvalue weighted by Crippen LogP contribution is -2.43. The average molecular weight is 292 g/mol. The Morgan fingerprint density at radius 1 is 1.47 bits per heavy atom. The van der Waals surface area contributed by atoms with E-state index in [0.717, 1.165) is 23.6 Å². The molecule has 2 nitrogen and oxygen atoms in total. The van der Waals surface area contributed by atoms with Gasteiger partial charge >= 0.3 is 0 Å². The molecule has 1 saturated heterocycles. The molecule has 0 aliphatic carbocycles. The van der Waals surface area contributed by atoms with Gasteiger partial charge in [-0.25, -0.2) is 0 Å². The molecule has 17 heavy (non-hydrogen) atoms. The molecule has 0 bridgehead atoms. The Balaban J connectivity index is 2.23. The van der Waals surface area contributed by atoms with Crippen molar-refractivity contribution in [2.24, 2.45) is 0 Å². The van der Waals surface area contributed by atoms with E-state index in [1.165, 1.54) is 0 Å². The highest BCUT2D eigenvalue weighted by atomic mass is 35.5. The van der Waals surface area contributed by atoms with Crippen LogP contribution in [-0.2, 0) is 0 Å². The smallest absolute Gasteiger partial charge is 0.0967 e. The topological polar surface area (TPSA) is 23.5 Å². The van der Waals surface area contributed by atoms with Crippen molar-refractivity contribution >= 4 is 35.0 Å². The molecule has 0 spiro atoms. The Morgan fingerprint density at radius 3 is 2.94 bits per heavy atom. The molecule has 2 rings (SSSR count). The summed E-state index contributed by atoms with van der Waals surface area (Å²) in [7, 11) is 2.03. The van der Waals surface area contributed by atoms with E-state index in [0.29, 0.717) is 10.0 Å². The highest BCUT2D eigenvalue weighted by Crippen LogP contribution is 2.32. The fraction of sp³-hybridized carbons (Fsp3) is 0.500. The number of nitrogens with zero attached hydrogens (tertiary/aromatic N) is 1. The summed E-state index contributed by atoms with van der Waals surface area (Å²) >= 11 is 13.9. The van der Waals surface area contributed by atoms with Crippen LogP contribution in [0.15, 0.2) is 18.2 Å². The Labute approximate surface area is 116 Å². The van der Waals surface area contributed by atoms with E-state index in [1.807, 2.05) is 18.8 Å². The van der Waals surface area contributed by atoms with Gasteiger partial charge in [0, 0.05) is 39.7 Å². The van der Waals surface area contributed by atoms with Crippen LogP contribution in [0, 0.1) is 0 Å². The maximum absolute atomic E-state index is 10.4. The van der Waals surface area contributed by atoms with Crippen molar-refractivity contribution in [1.82, 2.24) is 4.90 Å². The maximum atomic E-state index is 10.4. The molecule has 1 aromatic rings. The van der Waals surface area contributed by atoms with E-state index in [9.17, 15) is 5.11 Å². The van der Waals surface area contributed by atoms with Gasteiger partial charge in [-0.3, -0.25) is 4.90 Å². The number of hydrogen-bond donors (Lipinski definition) is 1. The second-order valence-corrected chi connectivity index (χ2v) is 6.23. The maximum Gasteiger partial charge on any atom is 0.0967 e. The average Bonchev–Trinajstić information content (AvgIpc) is 2.32. The van der Waals surface area contributed by atoms with Crippen LogP contribution in [0.25, 0.3) is 0 Å². The number of hydrogen-bond acceptors (Lipinski definition) is 3. The molecule has 2 unspecified atom stereocenters. The second kappa shape index (κ2) is 5.81. The molecule has 5 heteroatoms. The second-order valence-electron chi connectivity index (χ2n) is 4.23. The first-order chi connectivity index (χ1) is 8.09. The lowest BCUT2D eigenvalue weighted by molar-refractivity contribution is 0.0759. The minimum Gasteiger partial charge on any atom is -0.387 e. The van der Waals surface area contributed by atoms with E-state index in [-0.39, 0.29) is 6.04 Å². The fourth-order valence-electron chi connectivity index (χ4n) is 1.99. The first-order valence-corrected chi connectivity index (χ1v) is 7.41. The van der Waals surface area contributed by atoms with Crippen molar-refractivity contribution < 1.29 is 5.11 Å². The van der Waals surface area contributed by atoms with Crippen molar-refractivity contribution in [2.45, 2.75) is 12.1 Å². The van der Waals surface area contributed by atoms with Gasteiger partial charge in [-0.1, -0.05) is 23.2 Å². The molecule has 0 amide bonds. The quantitative estimate of drug-likeness (QED) is 0.906. The van der Waals surface area contributed by atoms with Crippen LogP contribution in [0.5, 0.6) is 0 Å². The predicted octanol–water partition coefficient (Wildman–Crippen LogP) is 3.07. The van der Waals surface area contributed by atoms with Crippen LogP contribution in [-0.4, -0.2) is 41.1 Å². The zero-order chi connectivity index (χ0) is 12.4. The minimum atomic E-state index is -0.584. The SMILES string of the molecule is CN1CCSCC1C(O)c1cc(Cl)ccc1Cl. The van der Waals surface area contributed by atoms with Crippen molar-refractivity contribution in [2.75, 3.05) is 25.1 Å². The van der Waals surface area contributed by atoms with Gasteiger partial charge in [0.2, 0.25) is 0 Å². The molecule has 1 aromatic carbocycles. The third-order valence-corrected chi connectivity index (χ3v) is 4.71. The van der Waals surface area contributed by atoms with Gasteiger partial charge < -0.3 is 5.11 Å². The number of benzene rings is 1. The van der Waals surface area contributed by atoms with E-state index in [1.54, 1.807) is 18.2 Å². The third kappa shape index (κ3) is 3.09. The number of halogens is 2. The molecule has 0 saturated carbocycles. The highest BCUT2D eigenvalue weighted by molar-refractivity contribution is 7.99. The summed E-state index contributed by atoms with van der Waals surface area (Å²) in [5, 5.41) is 11.6. The van der Waals surface area contributed by atoms with Crippen LogP contribution in [0.1, 0.15) is 11.7 Å². The molecular formula is C12H15Cl2NOS. The molecule has 1 fully saturated rings. The molecular weight excluding hydrogens is 277 g/mol. The van der Waals surface area contributed by atoms with Crippen LogP contribution >= 0.6 is 35.0 Å². The van der Waals surface area contributed by atoms with Crippen molar-refractivity contribution in [3.05, 3.63) is 33.8 Å². The number of rotatable bonds is 2. The lowest BCUT2D eigenvalue weighted by atomic mass is 10.0. The third-order valence-electron chi connectivity index (χ3n) is 3.08. The molecule has 1 aliphatic heterocycles. The highest BCUT2D eigenvalue weighted by Gasteiger charge is 2.28. The van der Waals surface area contributed by atoms with E-state index in [4.69, 9.17) is 23.2 Å². The molecule has 1 heterocycles. The van der Waals surface area contributed by atoms with Crippen molar-refractivity contribution in [1.29, 1.82) is 0 Å². The zero-order valence-electron chi connectivity index (χ0n) is 9.57. The van der Waals surface area contributed by atoms with E-state index >= 15 is 0 Å². The largest absolute Gasteiger partial charge is 0.387 e. The van der Waals surface area contributed by atoms with Gasteiger partial charge in [0.05, 0.1) is 6.10 Å². The summed E-state index contributed by atoms with van der Waals surface area (Å²) in [4.78, 5) is 2.18. The van der Waals surface area contributed by atoms with E-state index in [2.05, 4.69) is 4.90 Å². The molecule has 0 aromatic heterocycles. The number of aliphatic hydroxyl groups excluding tert-OH is 1. The van der Waals surface area contributed by atoms with Gasteiger partial charge in [0.15, 0.2) is 0 Å². The molecule has 2 atom stereocenters. The molecule has 1 N–H and O–H groups in total. The Kier molecular flexibility index (Phi) is 4.61. The summed E-state index contributed by atoms with van der Waals surface area (Å²) in [6, 6.07) is 5.32. The monoisotopic (exact) mass is 291 g/mol. The van der Waals surface area contributed by atoms with Gasteiger partial charge in [-0.2, -0.15) is 11.8 Å². The lowest BCUT2D eigenvalue weighted by Gasteiger charge is -2.35. The van der Waals surface area contributed by atoms with Crippen LogP contribution in [0.4, 0.5) is 0 Å². The van der Waals surface area contributed by atoms with Crippen molar-refractivity contribution in [3.63, 3.8) is 0 Å². The van der Waals surface area contributed by atoms with Crippen molar-refractivity contribution in [3.8, 4) is 0 Å². The normalized spacial score (nSPS) is 23.6. The van der Waals surface area contributed by atoms with Gasteiger partial charge in [-0.15, -0.1) is 0 Å². The Hall–Kier alpha value is 0.0700. The first-order valence-electron chi connectivity index (χ1n) is 5.50. The number of likely N-dealkylation sites (N-methyl/N-ethyl adjacent to an activating group) is 1.